The van der Waals surface area contributed by atoms with Crippen molar-refractivity contribution < 1.29 is 23.2 Å². The topological polar surface area (TPSA) is 127 Å². The Morgan fingerprint density at radius 2 is 2.04 bits per heavy atom. The van der Waals surface area contributed by atoms with Crippen LogP contribution >= 0.6 is 0 Å². The van der Waals surface area contributed by atoms with Crippen molar-refractivity contribution in [3.8, 4) is 0 Å². The van der Waals surface area contributed by atoms with Gasteiger partial charge in [-0.25, -0.2) is 13.1 Å². The zero-order valence-corrected chi connectivity index (χ0v) is 13.6. The Morgan fingerprint density at radius 1 is 1.33 bits per heavy atom. The molecule has 0 heterocycles. The first kappa shape index (κ1) is 17.8. The van der Waals surface area contributed by atoms with Gasteiger partial charge in [0, 0.05) is 12.6 Å². The Hall–Kier alpha value is -2.52. The Kier molecular flexibility index (Phi) is 5.15. The number of nitro groups is 1. The molecule has 0 saturated heterocycles. The number of hydrogen-bond donors (Lipinski definition) is 2. The van der Waals surface area contributed by atoms with E-state index >= 15 is 0 Å². The number of nitrogens with one attached hydrogen (secondary N) is 1. The third kappa shape index (κ3) is 3.87. The van der Waals surface area contributed by atoms with Gasteiger partial charge < -0.3 is 5.11 Å². The molecule has 0 fully saturated rings. The monoisotopic (exact) mass is 352 g/mol. The van der Waals surface area contributed by atoms with Crippen LogP contribution in [-0.2, 0) is 14.8 Å². The van der Waals surface area contributed by atoms with Crippen molar-refractivity contribution >= 4 is 32.5 Å². The number of nitro benzene ring substituents is 1. The minimum absolute atomic E-state index is 0.0111. The molecule has 8 nitrogen and oxygen atoms in total. The fourth-order valence-electron chi connectivity index (χ4n) is 2.19. The molecule has 128 valence electrons. The first-order valence-corrected chi connectivity index (χ1v) is 8.60. The van der Waals surface area contributed by atoms with Crippen LogP contribution in [0.25, 0.3) is 10.8 Å². The summed E-state index contributed by atoms with van der Waals surface area (Å²) in [6, 6.07) is 8.46. The van der Waals surface area contributed by atoms with Crippen LogP contribution in [0.3, 0.4) is 0 Å². The summed E-state index contributed by atoms with van der Waals surface area (Å²) in [7, 11) is -3.82. The van der Waals surface area contributed by atoms with Gasteiger partial charge in [0.1, 0.15) is 0 Å². The SMILES string of the molecule is CC(CCNS(=O)(=O)c1ccc2c([N+](=O)[O-])cccc2c1)C(=O)O. The van der Waals surface area contributed by atoms with Crippen LogP contribution in [0.5, 0.6) is 0 Å². The second kappa shape index (κ2) is 6.93. The maximum atomic E-state index is 12.3. The predicted molar refractivity (Wildman–Crippen MR) is 87.2 cm³/mol. The second-order valence-electron chi connectivity index (χ2n) is 5.34. The molecule has 9 heteroatoms. The lowest BCUT2D eigenvalue weighted by Crippen LogP contribution is -2.27. The first-order chi connectivity index (χ1) is 11.2. The number of benzene rings is 2. The van der Waals surface area contributed by atoms with Gasteiger partial charge >= 0.3 is 5.97 Å². The van der Waals surface area contributed by atoms with E-state index in [1.54, 1.807) is 6.07 Å². The van der Waals surface area contributed by atoms with E-state index in [0.717, 1.165) is 0 Å². The van der Waals surface area contributed by atoms with E-state index in [2.05, 4.69) is 4.72 Å². The number of rotatable bonds is 7. The molecular formula is C15H16N2O6S. The van der Waals surface area contributed by atoms with Gasteiger partial charge in [0.15, 0.2) is 0 Å². The molecule has 2 rings (SSSR count). The summed E-state index contributed by atoms with van der Waals surface area (Å²) in [5, 5.41) is 20.6. The van der Waals surface area contributed by atoms with Crippen LogP contribution in [0.1, 0.15) is 13.3 Å². The summed E-state index contributed by atoms with van der Waals surface area (Å²) < 4.78 is 26.8. The molecule has 24 heavy (non-hydrogen) atoms. The highest BCUT2D eigenvalue weighted by Gasteiger charge is 2.18. The van der Waals surface area contributed by atoms with E-state index < -0.39 is 26.8 Å². The number of sulfonamides is 1. The summed E-state index contributed by atoms with van der Waals surface area (Å²) >= 11 is 0. The molecule has 0 radical (unpaired) electrons. The molecule has 2 aromatic rings. The summed E-state index contributed by atoms with van der Waals surface area (Å²) in [5.41, 5.74) is -0.0975. The highest BCUT2D eigenvalue weighted by Crippen LogP contribution is 2.27. The van der Waals surface area contributed by atoms with Crippen LogP contribution < -0.4 is 4.72 Å². The van der Waals surface area contributed by atoms with Crippen molar-refractivity contribution in [3.05, 3.63) is 46.5 Å². The molecule has 0 spiro atoms. The molecule has 1 unspecified atom stereocenters. The molecule has 1 atom stereocenters. The zero-order chi connectivity index (χ0) is 17.9. The Balaban J connectivity index is 2.25. The van der Waals surface area contributed by atoms with Gasteiger partial charge in [0.2, 0.25) is 10.0 Å². The predicted octanol–water partition coefficient (Wildman–Crippen LogP) is 2.14. The average molecular weight is 352 g/mol. The Morgan fingerprint density at radius 3 is 2.67 bits per heavy atom. The standard InChI is InChI=1S/C15H16N2O6S/c1-10(15(18)19)7-8-16-24(22,23)12-5-6-13-11(9-12)3-2-4-14(13)17(20)21/h2-6,9-10,16H,7-8H2,1H3,(H,18,19). The number of hydrogen-bond acceptors (Lipinski definition) is 5. The van der Waals surface area contributed by atoms with E-state index in [1.807, 2.05) is 0 Å². The van der Waals surface area contributed by atoms with Crippen molar-refractivity contribution in [2.45, 2.75) is 18.2 Å². The molecule has 0 saturated carbocycles. The fraction of sp³-hybridized carbons (Fsp3) is 0.267. The third-order valence-electron chi connectivity index (χ3n) is 3.63. The van der Waals surface area contributed by atoms with Gasteiger partial charge in [-0.3, -0.25) is 14.9 Å². The number of nitrogens with zero attached hydrogens (tertiary/aromatic N) is 1. The molecule has 0 aromatic heterocycles. The van der Waals surface area contributed by atoms with E-state index in [4.69, 9.17) is 5.11 Å². The first-order valence-electron chi connectivity index (χ1n) is 7.12. The molecule has 0 amide bonds. The summed E-state index contributed by atoms with van der Waals surface area (Å²) in [5.74, 6) is -1.65. The van der Waals surface area contributed by atoms with Crippen molar-refractivity contribution in [1.29, 1.82) is 0 Å². The lowest BCUT2D eigenvalue weighted by Gasteiger charge is -2.09. The van der Waals surface area contributed by atoms with Gasteiger partial charge in [-0.05, 0) is 30.0 Å². The van der Waals surface area contributed by atoms with Crippen LogP contribution in [0.15, 0.2) is 41.3 Å². The minimum Gasteiger partial charge on any atom is -0.481 e. The maximum Gasteiger partial charge on any atom is 0.306 e. The molecular weight excluding hydrogens is 336 g/mol. The van der Waals surface area contributed by atoms with Gasteiger partial charge in [-0.1, -0.05) is 19.1 Å². The number of non-ortho nitro benzene ring substituents is 1. The number of carboxylic acid groups (broad SMARTS) is 1. The van der Waals surface area contributed by atoms with E-state index in [0.29, 0.717) is 10.8 Å². The Labute approximate surface area is 138 Å². The van der Waals surface area contributed by atoms with Gasteiger partial charge in [-0.2, -0.15) is 0 Å². The lowest BCUT2D eigenvalue weighted by molar-refractivity contribution is -0.383. The smallest absolute Gasteiger partial charge is 0.306 e. The summed E-state index contributed by atoms with van der Waals surface area (Å²) in [6.07, 6.45) is 0.160. The van der Waals surface area contributed by atoms with E-state index in [-0.39, 0.29) is 23.5 Å². The van der Waals surface area contributed by atoms with Crippen molar-refractivity contribution in [2.24, 2.45) is 5.92 Å². The van der Waals surface area contributed by atoms with Gasteiger partial charge in [0.25, 0.3) is 5.69 Å². The quantitative estimate of drug-likeness (QED) is 0.580. The average Bonchev–Trinajstić information content (AvgIpc) is 2.53. The molecule has 0 aliphatic rings. The number of carbonyl (C=O) groups is 1. The highest BCUT2D eigenvalue weighted by atomic mass is 32.2. The van der Waals surface area contributed by atoms with Crippen LogP contribution in [0.2, 0.25) is 0 Å². The normalized spacial score (nSPS) is 12.9. The Bertz CT molecular complexity index is 894. The van der Waals surface area contributed by atoms with Crippen LogP contribution in [0, 0.1) is 16.0 Å². The number of aliphatic carboxylic acids is 1. The molecule has 2 aromatic carbocycles. The number of fused-ring (bicyclic) bond motifs is 1. The molecule has 2 N–H and O–H groups in total. The summed E-state index contributed by atoms with van der Waals surface area (Å²) in [4.78, 5) is 21.2. The van der Waals surface area contributed by atoms with E-state index in [1.165, 1.54) is 37.3 Å². The zero-order valence-electron chi connectivity index (χ0n) is 12.8. The molecule has 0 aliphatic carbocycles. The van der Waals surface area contributed by atoms with Gasteiger partial charge in [-0.15, -0.1) is 0 Å². The number of carboxylic acids is 1. The van der Waals surface area contributed by atoms with Crippen molar-refractivity contribution in [2.75, 3.05) is 6.54 Å². The second-order valence-corrected chi connectivity index (χ2v) is 7.11. The van der Waals surface area contributed by atoms with Gasteiger partial charge in [0.05, 0.1) is 21.1 Å². The third-order valence-corrected chi connectivity index (χ3v) is 5.09. The fourth-order valence-corrected chi connectivity index (χ4v) is 3.27. The summed E-state index contributed by atoms with van der Waals surface area (Å²) in [6.45, 7) is 1.48. The van der Waals surface area contributed by atoms with Crippen LogP contribution in [0.4, 0.5) is 5.69 Å². The highest BCUT2D eigenvalue weighted by molar-refractivity contribution is 7.89. The largest absolute Gasteiger partial charge is 0.481 e. The minimum atomic E-state index is -3.82. The molecule has 0 aliphatic heterocycles. The van der Waals surface area contributed by atoms with Crippen molar-refractivity contribution in [3.63, 3.8) is 0 Å². The lowest BCUT2D eigenvalue weighted by atomic mass is 10.1. The molecule has 0 bridgehead atoms. The van der Waals surface area contributed by atoms with Crippen molar-refractivity contribution in [1.82, 2.24) is 4.72 Å². The maximum absolute atomic E-state index is 12.3. The van der Waals surface area contributed by atoms with E-state index in [9.17, 15) is 23.3 Å². The van der Waals surface area contributed by atoms with Crippen LogP contribution in [-0.4, -0.2) is 31.0 Å².